The van der Waals surface area contributed by atoms with E-state index in [2.05, 4.69) is 12.2 Å². The van der Waals surface area contributed by atoms with Crippen LogP contribution in [0.15, 0.2) is 24.3 Å². The number of rotatable bonds is 2. The quantitative estimate of drug-likeness (QED) is 0.813. The van der Waals surface area contributed by atoms with E-state index < -0.39 is 11.7 Å². The number of nitrogens with zero attached hydrogens (tertiary/aromatic N) is 2. The first-order chi connectivity index (χ1) is 13.2. The Balaban J connectivity index is 1.56. The number of amides is 3. The summed E-state index contributed by atoms with van der Waals surface area (Å²) in [7, 11) is 0. The minimum absolute atomic E-state index is 0.110. The summed E-state index contributed by atoms with van der Waals surface area (Å²) in [5.74, 6) is 0.542. The minimum atomic E-state index is -4.41. The van der Waals surface area contributed by atoms with E-state index in [1.165, 1.54) is 12.1 Å². The van der Waals surface area contributed by atoms with Crippen molar-refractivity contribution in [2.75, 3.05) is 31.5 Å². The third kappa shape index (κ3) is 4.97. The second-order valence-electron chi connectivity index (χ2n) is 7.80. The third-order valence-corrected chi connectivity index (χ3v) is 5.62. The van der Waals surface area contributed by atoms with Gasteiger partial charge in [0, 0.05) is 31.9 Å². The number of piperidine rings is 2. The molecule has 2 aliphatic heterocycles. The second-order valence-corrected chi connectivity index (χ2v) is 7.80. The van der Waals surface area contributed by atoms with Crippen LogP contribution in [0.1, 0.15) is 38.2 Å². The first-order valence-corrected chi connectivity index (χ1v) is 9.76. The topological polar surface area (TPSA) is 52.7 Å². The van der Waals surface area contributed by atoms with Gasteiger partial charge in [0.2, 0.25) is 5.91 Å². The molecule has 154 valence electrons. The smallest absolute Gasteiger partial charge is 0.342 e. The van der Waals surface area contributed by atoms with Crippen molar-refractivity contribution in [1.82, 2.24) is 9.80 Å². The molecule has 2 saturated heterocycles. The fraction of sp³-hybridized carbons (Fsp3) is 0.600. The SMILES string of the molecule is CC1CCN(C(=O)C2CCCN(C(=O)Nc3ccc(C(F)(F)F)cc3)C2)CC1. The number of hydrogen-bond acceptors (Lipinski definition) is 2. The van der Waals surface area contributed by atoms with Crippen LogP contribution < -0.4 is 5.32 Å². The zero-order chi connectivity index (χ0) is 20.3. The molecule has 0 spiro atoms. The molecule has 0 saturated carbocycles. The van der Waals surface area contributed by atoms with Crippen molar-refractivity contribution in [2.45, 2.75) is 38.8 Å². The summed E-state index contributed by atoms with van der Waals surface area (Å²) < 4.78 is 37.9. The number of alkyl halides is 3. The van der Waals surface area contributed by atoms with Gasteiger partial charge in [-0.2, -0.15) is 13.2 Å². The van der Waals surface area contributed by atoms with Crippen molar-refractivity contribution < 1.29 is 22.8 Å². The lowest BCUT2D eigenvalue weighted by Crippen LogP contribution is -2.49. The molecule has 0 aliphatic carbocycles. The molecule has 2 heterocycles. The van der Waals surface area contributed by atoms with Gasteiger partial charge < -0.3 is 15.1 Å². The Hall–Kier alpha value is -2.25. The number of nitrogens with one attached hydrogen (secondary N) is 1. The molecule has 1 atom stereocenters. The van der Waals surface area contributed by atoms with Gasteiger partial charge in [0.05, 0.1) is 11.5 Å². The summed E-state index contributed by atoms with van der Waals surface area (Å²) in [5, 5.41) is 2.63. The molecular formula is C20H26F3N3O2. The van der Waals surface area contributed by atoms with Gasteiger partial charge >= 0.3 is 12.2 Å². The van der Waals surface area contributed by atoms with Crippen LogP contribution >= 0.6 is 0 Å². The highest BCUT2D eigenvalue weighted by molar-refractivity contribution is 5.90. The van der Waals surface area contributed by atoms with Crippen LogP contribution in [0.2, 0.25) is 0 Å². The molecule has 0 bridgehead atoms. The Morgan fingerprint density at radius 3 is 2.25 bits per heavy atom. The predicted octanol–water partition coefficient (Wildman–Crippen LogP) is 4.21. The van der Waals surface area contributed by atoms with Crippen LogP contribution in [0.5, 0.6) is 0 Å². The van der Waals surface area contributed by atoms with Gasteiger partial charge in [0.1, 0.15) is 0 Å². The summed E-state index contributed by atoms with van der Waals surface area (Å²) in [6, 6.07) is 3.97. The number of hydrogen-bond donors (Lipinski definition) is 1. The number of likely N-dealkylation sites (tertiary alicyclic amines) is 2. The fourth-order valence-corrected chi connectivity index (χ4v) is 3.80. The van der Waals surface area contributed by atoms with Gasteiger partial charge in [-0.1, -0.05) is 6.92 Å². The van der Waals surface area contributed by atoms with E-state index >= 15 is 0 Å². The van der Waals surface area contributed by atoms with E-state index in [1.54, 1.807) is 4.90 Å². The first kappa shape index (κ1) is 20.5. The van der Waals surface area contributed by atoms with Crippen molar-refractivity contribution in [3.8, 4) is 0 Å². The average molecular weight is 397 g/mol. The molecule has 8 heteroatoms. The standard InChI is InChI=1S/C20H26F3N3O2/c1-14-8-11-25(12-9-14)18(27)15-3-2-10-26(13-15)19(28)24-17-6-4-16(5-7-17)20(21,22)23/h4-7,14-15H,2-3,8-13H2,1H3,(H,24,28). The predicted molar refractivity (Wildman–Crippen MR) is 99.7 cm³/mol. The number of urea groups is 1. The summed E-state index contributed by atoms with van der Waals surface area (Å²) in [4.78, 5) is 28.8. The first-order valence-electron chi connectivity index (χ1n) is 9.76. The summed E-state index contributed by atoms with van der Waals surface area (Å²) >= 11 is 0. The fourth-order valence-electron chi connectivity index (χ4n) is 3.80. The van der Waals surface area contributed by atoms with Gasteiger partial charge in [-0.05, 0) is 55.9 Å². The zero-order valence-electron chi connectivity index (χ0n) is 16.0. The van der Waals surface area contributed by atoms with Crippen LogP contribution in [-0.2, 0) is 11.0 Å². The number of halogens is 3. The number of carbonyl (C=O) groups is 2. The molecule has 0 radical (unpaired) electrons. The van der Waals surface area contributed by atoms with Gasteiger partial charge in [0.15, 0.2) is 0 Å². The molecule has 1 unspecified atom stereocenters. The van der Waals surface area contributed by atoms with E-state index in [0.29, 0.717) is 24.7 Å². The van der Waals surface area contributed by atoms with Crippen LogP contribution in [0.4, 0.5) is 23.7 Å². The highest BCUT2D eigenvalue weighted by Gasteiger charge is 2.33. The highest BCUT2D eigenvalue weighted by atomic mass is 19.4. The molecule has 0 aromatic heterocycles. The number of anilines is 1. The van der Waals surface area contributed by atoms with Crippen LogP contribution in [-0.4, -0.2) is 47.9 Å². The van der Waals surface area contributed by atoms with Crippen LogP contribution in [0.3, 0.4) is 0 Å². The maximum Gasteiger partial charge on any atom is 0.416 e. The molecule has 28 heavy (non-hydrogen) atoms. The third-order valence-electron chi connectivity index (χ3n) is 5.62. The van der Waals surface area contributed by atoms with E-state index in [1.807, 2.05) is 4.90 Å². The minimum Gasteiger partial charge on any atom is -0.342 e. The van der Waals surface area contributed by atoms with Crippen molar-refractivity contribution in [1.29, 1.82) is 0 Å². The van der Waals surface area contributed by atoms with Crippen molar-refractivity contribution in [3.63, 3.8) is 0 Å². The largest absolute Gasteiger partial charge is 0.416 e. The number of benzene rings is 1. The van der Waals surface area contributed by atoms with E-state index in [4.69, 9.17) is 0 Å². The molecular weight excluding hydrogens is 371 g/mol. The van der Waals surface area contributed by atoms with Gasteiger partial charge in [0.25, 0.3) is 0 Å². The molecule has 1 aromatic carbocycles. The lowest BCUT2D eigenvalue weighted by molar-refractivity contribution is -0.138. The Bertz CT molecular complexity index is 698. The molecule has 5 nitrogen and oxygen atoms in total. The van der Waals surface area contributed by atoms with E-state index in [-0.39, 0.29) is 17.9 Å². The molecule has 2 fully saturated rings. The molecule has 1 aromatic rings. The monoisotopic (exact) mass is 397 g/mol. The maximum atomic E-state index is 12.8. The van der Waals surface area contributed by atoms with Crippen molar-refractivity contribution in [2.24, 2.45) is 11.8 Å². The lowest BCUT2D eigenvalue weighted by atomic mass is 9.93. The van der Waals surface area contributed by atoms with Gasteiger partial charge in [-0.25, -0.2) is 4.79 Å². The molecule has 3 rings (SSSR count). The van der Waals surface area contributed by atoms with Gasteiger partial charge in [-0.3, -0.25) is 4.79 Å². The number of carbonyl (C=O) groups excluding carboxylic acids is 2. The molecule has 1 N–H and O–H groups in total. The second kappa shape index (κ2) is 8.41. The highest BCUT2D eigenvalue weighted by Crippen LogP contribution is 2.30. The van der Waals surface area contributed by atoms with E-state index in [9.17, 15) is 22.8 Å². The van der Waals surface area contributed by atoms with Crippen molar-refractivity contribution >= 4 is 17.6 Å². The Morgan fingerprint density at radius 2 is 1.64 bits per heavy atom. The van der Waals surface area contributed by atoms with Gasteiger partial charge in [-0.15, -0.1) is 0 Å². The Kier molecular flexibility index (Phi) is 6.15. The maximum absolute atomic E-state index is 12.8. The van der Waals surface area contributed by atoms with E-state index in [0.717, 1.165) is 50.9 Å². The summed E-state index contributed by atoms with van der Waals surface area (Å²) in [5.41, 5.74) is -0.457. The van der Waals surface area contributed by atoms with Crippen LogP contribution in [0.25, 0.3) is 0 Å². The summed E-state index contributed by atoms with van der Waals surface area (Å²) in [6.45, 7) is 4.61. The molecule has 2 aliphatic rings. The Labute approximate surface area is 162 Å². The normalized spacial score (nSPS) is 21.5. The Morgan fingerprint density at radius 1 is 1.00 bits per heavy atom. The average Bonchev–Trinajstić information content (AvgIpc) is 2.68. The van der Waals surface area contributed by atoms with Crippen LogP contribution in [0, 0.1) is 11.8 Å². The van der Waals surface area contributed by atoms with Crippen molar-refractivity contribution in [3.05, 3.63) is 29.8 Å². The lowest BCUT2D eigenvalue weighted by Gasteiger charge is -2.37. The summed E-state index contributed by atoms with van der Waals surface area (Å²) in [6.07, 6.45) is -0.890. The zero-order valence-corrected chi connectivity index (χ0v) is 16.0. The molecule has 3 amide bonds.